The second-order valence-electron chi connectivity index (χ2n) is 7.11. The molecule has 0 saturated carbocycles. The molecule has 2 atom stereocenters. The van der Waals surface area contributed by atoms with Crippen molar-refractivity contribution in [3.8, 4) is 0 Å². The molecule has 0 bridgehead atoms. The van der Waals surface area contributed by atoms with Gasteiger partial charge >= 0.3 is 0 Å². The number of carbonyl (C=O) groups is 1. The van der Waals surface area contributed by atoms with Crippen LogP contribution in [0.3, 0.4) is 0 Å². The third-order valence-corrected chi connectivity index (χ3v) is 4.60. The van der Waals surface area contributed by atoms with Gasteiger partial charge in [0.2, 0.25) is 5.91 Å². The van der Waals surface area contributed by atoms with Gasteiger partial charge in [-0.15, -0.1) is 0 Å². The average Bonchev–Trinajstić information content (AvgIpc) is 2.56. The summed E-state index contributed by atoms with van der Waals surface area (Å²) in [4.78, 5) is 16.7. The van der Waals surface area contributed by atoms with E-state index in [0.29, 0.717) is 0 Å². The second kappa shape index (κ2) is 9.04. The highest BCUT2D eigenvalue weighted by atomic mass is 16.3. The van der Waals surface area contributed by atoms with Crippen molar-refractivity contribution < 1.29 is 9.90 Å². The Bertz CT molecular complexity index is 499. The van der Waals surface area contributed by atoms with Crippen LogP contribution in [0.4, 0.5) is 5.69 Å². The van der Waals surface area contributed by atoms with Crippen LogP contribution in [0.5, 0.6) is 0 Å². The van der Waals surface area contributed by atoms with Gasteiger partial charge in [-0.1, -0.05) is 32.0 Å². The van der Waals surface area contributed by atoms with Crippen LogP contribution in [-0.2, 0) is 4.79 Å². The van der Waals surface area contributed by atoms with Crippen LogP contribution < -0.4 is 10.2 Å². The van der Waals surface area contributed by atoms with E-state index in [2.05, 4.69) is 39.4 Å². The monoisotopic (exact) mass is 333 g/mol. The Morgan fingerprint density at radius 3 is 2.33 bits per heavy atom. The van der Waals surface area contributed by atoms with E-state index in [0.717, 1.165) is 32.7 Å². The molecule has 2 N–H and O–H groups in total. The molecule has 1 fully saturated rings. The highest BCUT2D eigenvalue weighted by Crippen LogP contribution is 2.15. The maximum atomic E-state index is 11.9. The predicted molar refractivity (Wildman–Crippen MR) is 98.2 cm³/mol. The fourth-order valence-electron chi connectivity index (χ4n) is 3.02. The smallest absolute Gasteiger partial charge is 0.222 e. The first-order valence-corrected chi connectivity index (χ1v) is 8.95. The fraction of sp³-hybridized carbons (Fsp3) is 0.632. The number of hydrogen-bond donors (Lipinski definition) is 2. The highest BCUT2D eigenvalue weighted by molar-refractivity contribution is 5.76. The van der Waals surface area contributed by atoms with Crippen LogP contribution in [0, 0.1) is 5.92 Å². The number of amides is 1. The van der Waals surface area contributed by atoms with E-state index in [1.165, 1.54) is 5.69 Å². The van der Waals surface area contributed by atoms with Crippen molar-refractivity contribution in [1.82, 2.24) is 10.2 Å². The van der Waals surface area contributed by atoms with Gasteiger partial charge in [-0.05, 0) is 25.0 Å². The number of carbonyl (C=O) groups excluding carboxylic acids is 1. The van der Waals surface area contributed by atoms with Crippen molar-refractivity contribution in [2.75, 3.05) is 37.6 Å². The molecule has 1 saturated heterocycles. The molecule has 1 aromatic carbocycles. The third-order valence-electron chi connectivity index (χ3n) is 4.60. The van der Waals surface area contributed by atoms with Crippen LogP contribution in [0.2, 0.25) is 0 Å². The van der Waals surface area contributed by atoms with Crippen molar-refractivity contribution >= 4 is 11.6 Å². The zero-order chi connectivity index (χ0) is 17.5. The quantitative estimate of drug-likeness (QED) is 0.798. The third kappa shape index (κ3) is 5.80. The first-order valence-electron chi connectivity index (χ1n) is 8.95. The lowest BCUT2D eigenvalue weighted by Gasteiger charge is -2.37. The highest BCUT2D eigenvalue weighted by Gasteiger charge is 2.20. The van der Waals surface area contributed by atoms with Gasteiger partial charge < -0.3 is 15.3 Å². The van der Waals surface area contributed by atoms with Crippen molar-refractivity contribution in [2.45, 2.75) is 39.3 Å². The molecule has 134 valence electrons. The molecular weight excluding hydrogens is 302 g/mol. The summed E-state index contributed by atoms with van der Waals surface area (Å²) >= 11 is 0. The molecule has 1 aliphatic rings. The Morgan fingerprint density at radius 1 is 1.12 bits per heavy atom. The normalized spacial score (nSPS) is 18.5. The summed E-state index contributed by atoms with van der Waals surface area (Å²) in [5, 5.41) is 12.8. The van der Waals surface area contributed by atoms with Crippen LogP contribution in [-0.4, -0.2) is 60.8 Å². The Morgan fingerprint density at radius 2 is 1.75 bits per heavy atom. The summed E-state index contributed by atoms with van der Waals surface area (Å²) in [7, 11) is 0. The summed E-state index contributed by atoms with van der Waals surface area (Å²) in [6.07, 6.45) is -0.379. The topological polar surface area (TPSA) is 55.8 Å². The SMILES string of the molecule is CC(CN1CCN(c2ccccc2)CC1)NC(=O)CC(O)C(C)C. The minimum absolute atomic E-state index is 0.0633. The molecule has 1 amide bonds. The van der Waals surface area contributed by atoms with Crippen molar-refractivity contribution in [3.63, 3.8) is 0 Å². The lowest BCUT2D eigenvalue weighted by atomic mass is 10.0. The number of benzene rings is 1. The molecule has 0 spiro atoms. The number of aliphatic hydroxyl groups is 1. The number of aliphatic hydroxyl groups excluding tert-OH is 1. The molecule has 0 aliphatic carbocycles. The van der Waals surface area contributed by atoms with E-state index >= 15 is 0 Å². The van der Waals surface area contributed by atoms with Gasteiger partial charge in [0.1, 0.15) is 0 Å². The van der Waals surface area contributed by atoms with E-state index in [1.807, 2.05) is 26.8 Å². The van der Waals surface area contributed by atoms with Crippen LogP contribution in [0.25, 0.3) is 0 Å². The molecule has 5 nitrogen and oxygen atoms in total. The van der Waals surface area contributed by atoms with Crippen molar-refractivity contribution in [2.24, 2.45) is 5.92 Å². The van der Waals surface area contributed by atoms with Gasteiger partial charge in [0.25, 0.3) is 0 Å². The molecule has 1 aliphatic heterocycles. The lowest BCUT2D eigenvalue weighted by Crippen LogP contribution is -2.51. The van der Waals surface area contributed by atoms with E-state index in [-0.39, 0.29) is 24.3 Å². The van der Waals surface area contributed by atoms with Crippen LogP contribution >= 0.6 is 0 Å². The number of hydrogen-bond acceptors (Lipinski definition) is 4. The minimum Gasteiger partial charge on any atom is -0.392 e. The zero-order valence-electron chi connectivity index (χ0n) is 15.1. The first kappa shape index (κ1) is 18.7. The summed E-state index contributed by atoms with van der Waals surface area (Å²) in [5.41, 5.74) is 1.28. The summed E-state index contributed by atoms with van der Waals surface area (Å²) < 4.78 is 0. The predicted octanol–water partition coefficient (Wildman–Crippen LogP) is 1.72. The fourth-order valence-corrected chi connectivity index (χ4v) is 3.02. The molecule has 1 aromatic rings. The molecule has 24 heavy (non-hydrogen) atoms. The molecule has 1 heterocycles. The number of rotatable bonds is 7. The number of anilines is 1. The minimum atomic E-state index is -0.563. The lowest BCUT2D eigenvalue weighted by molar-refractivity contribution is -0.124. The summed E-state index contributed by atoms with van der Waals surface area (Å²) in [6.45, 7) is 10.8. The number of nitrogens with zero attached hydrogens (tertiary/aromatic N) is 2. The van der Waals surface area contributed by atoms with Crippen molar-refractivity contribution in [1.29, 1.82) is 0 Å². The van der Waals surface area contributed by atoms with Gasteiger partial charge in [0, 0.05) is 44.5 Å². The Labute approximate surface area is 145 Å². The average molecular weight is 333 g/mol. The van der Waals surface area contributed by atoms with E-state index < -0.39 is 6.10 Å². The van der Waals surface area contributed by atoms with Gasteiger partial charge in [-0.25, -0.2) is 0 Å². The van der Waals surface area contributed by atoms with Gasteiger partial charge in [-0.3, -0.25) is 9.69 Å². The van der Waals surface area contributed by atoms with Crippen molar-refractivity contribution in [3.05, 3.63) is 30.3 Å². The van der Waals surface area contributed by atoms with Gasteiger partial charge in [0.15, 0.2) is 0 Å². The number of para-hydroxylation sites is 1. The van der Waals surface area contributed by atoms with E-state index in [1.54, 1.807) is 0 Å². The summed E-state index contributed by atoms with van der Waals surface area (Å²) in [6, 6.07) is 10.6. The molecule has 0 radical (unpaired) electrons. The number of piperazine rings is 1. The van der Waals surface area contributed by atoms with Gasteiger partial charge in [-0.2, -0.15) is 0 Å². The Balaban J connectivity index is 1.70. The van der Waals surface area contributed by atoms with Gasteiger partial charge in [0.05, 0.1) is 12.5 Å². The van der Waals surface area contributed by atoms with Crippen LogP contribution in [0.15, 0.2) is 30.3 Å². The Kier molecular flexibility index (Phi) is 7.06. The van der Waals surface area contributed by atoms with E-state index in [4.69, 9.17) is 0 Å². The Hall–Kier alpha value is -1.59. The summed E-state index contributed by atoms with van der Waals surface area (Å²) in [5.74, 6) is 0.0451. The molecule has 0 aromatic heterocycles. The standard InChI is InChI=1S/C19H31N3O2/c1-15(2)18(23)13-19(24)20-16(3)14-21-9-11-22(12-10-21)17-7-5-4-6-8-17/h4-8,15-16,18,23H,9-14H2,1-3H3,(H,20,24). The zero-order valence-corrected chi connectivity index (χ0v) is 15.1. The number of nitrogens with one attached hydrogen (secondary N) is 1. The maximum Gasteiger partial charge on any atom is 0.222 e. The molecule has 2 unspecified atom stereocenters. The van der Waals surface area contributed by atoms with E-state index in [9.17, 15) is 9.90 Å². The van der Waals surface area contributed by atoms with Crippen LogP contribution in [0.1, 0.15) is 27.2 Å². The largest absolute Gasteiger partial charge is 0.392 e. The molecule has 5 heteroatoms. The second-order valence-corrected chi connectivity index (χ2v) is 7.11. The first-order chi connectivity index (χ1) is 11.5. The molecule has 2 rings (SSSR count). The maximum absolute atomic E-state index is 11.9. The molecular formula is C19H31N3O2.